The van der Waals surface area contributed by atoms with E-state index in [0.717, 1.165) is 71.1 Å². The highest BCUT2D eigenvalue weighted by atomic mass is 16.8. The van der Waals surface area contributed by atoms with Crippen molar-refractivity contribution in [2.24, 2.45) is 0 Å². The van der Waals surface area contributed by atoms with Gasteiger partial charge in [0.05, 0.1) is 50.7 Å². The summed E-state index contributed by atoms with van der Waals surface area (Å²) < 4.78 is 34.7. The summed E-state index contributed by atoms with van der Waals surface area (Å²) >= 11 is 0. The molecule has 3 aliphatic rings. The predicted octanol–water partition coefficient (Wildman–Crippen LogP) is 8.18. The number of hydrogen-bond acceptors (Lipinski definition) is 20. The van der Waals surface area contributed by atoms with Gasteiger partial charge in [-0.3, -0.25) is 9.59 Å². The molecule has 0 bridgehead atoms. The Morgan fingerprint density at radius 3 is 1.47 bits per heavy atom. The van der Waals surface area contributed by atoms with E-state index in [4.69, 9.17) is 28.4 Å². The number of allylic oxidation sites excluding steroid dienone is 5. The van der Waals surface area contributed by atoms with E-state index in [1.807, 2.05) is 6.08 Å². The maximum absolute atomic E-state index is 13.4. The first kappa shape index (κ1) is 87.2. The fourth-order valence-electron chi connectivity index (χ4n) is 12.9. The van der Waals surface area contributed by atoms with Crippen molar-refractivity contribution >= 4 is 17.8 Å². The van der Waals surface area contributed by atoms with Gasteiger partial charge in [0, 0.05) is 19.8 Å². The van der Waals surface area contributed by atoms with Crippen molar-refractivity contribution in [2.45, 2.75) is 381 Å². The van der Waals surface area contributed by atoms with E-state index in [0.29, 0.717) is 12.8 Å². The fraction of sp³-hybridized carbons (Fsp3) is 0.877. The normalized spacial score (nSPS) is 27.8. The van der Waals surface area contributed by atoms with Gasteiger partial charge in [-0.25, -0.2) is 4.79 Å². The number of aliphatic hydroxyl groups excluding tert-OH is 11. The molecule has 23 nitrogen and oxygen atoms in total. The molecule has 14 N–H and O–H groups in total. The number of amides is 2. The van der Waals surface area contributed by atoms with Gasteiger partial charge in [0.25, 0.3) is 5.79 Å². The van der Waals surface area contributed by atoms with Gasteiger partial charge >= 0.3 is 5.97 Å². The van der Waals surface area contributed by atoms with E-state index in [1.54, 1.807) is 6.08 Å². The van der Waals surface area contributed by atoms with Gasteiger partial charge in [-0.15, -0.1) is 0 Å². The Hall–Kier alpha value is -3.05. The Morgan fingerprint density at radius 2 is 1.01 bits per heavy atom. The summed E-state index contributed by atoms with van der Waals surface area (Å²) in [5, 5.41) is 136. The maximum Gasteiger partial charge on any atom is 0.364 e. The third kappa shape index (κ3) is 34.1. The fourth-order valence-corrected chi connectivity index (χ4v) is 12.9. The van der Waals surface area contributed by atoms with Crippen LogP contribution >= 0.6 is 0 Å². The van der Waals surface area contributed by atoms with Crippen LogP contribution in [0, 0.1) is 0 Å². The number of carbonyl (C=O) groups excluding carboxylic acids is 2. The molecule has 0 aromatic rings. The van der Waals surface area contributed by atoms with E-state index >= 15 is 0 Å². The number of aliphatic carboxylic acids is 1. The quantitative estimate of drug-likeness (QED) is 0.0201. The van der Waals surface area contributed by atoms with E-state index in [9.17, 15) is 75.7 Å². The first-order valence-electron chi connectivity index (χ1n) is 37.4. The van der Waals surface area contributed by atoms with Crippen LogP contribution in [0.3, 0.4) is 0 Å². The maximum atomic E-state index is 13.4. The first-order valence-corrected chi connectivity index (χ1v) is 37.4. The molecule has 3 aliphatic heterocycles. The molecule has 2 amide bonds. The van der Waals surface area contributed by atoms with Crippen molar-refractivity contribution in [3.63, 3.8) is 0 Å². The summed E-state index contributed by atoms with van der Waals surface area (Å²) in [6.07, 6.45) is 28.2. The van der Waals surface area contributed by atoms with Gasteiger partial charge in [0.2, 0.25) is 11.8 Å². The van der Waals surface area contributed by atoms with Crippen LogP contribution in [0.25, 0.3) is 0 Å². The van der Waals surface area contributed by atoms with Crippen LogP contribution in [0.2, 0.25) is 0 Å². The van der Waals surface area contributed by atoms with Gasteiger partial charge in [0.15, 0.2) is 12.6 Å². The summed E-state index contributed by atoms with van der Waals surface area (Å²) in [4.78, 5) is 38.5. The lowest BCUT2D eigenvalue weighted by Crippen LogP contribution is -2.70. The van der Waals surface area contributed by atoms with Crippen molar-refractivity contribution < 1.29 is 104 Å². The molecular weight excluding hydrogens is 1240 g/mol. The minimum atomic E-state index is -3.08. The molecule has 18 unspecified atom stereocenters. The van der Waals surface area contributed by atoms with Crippen LogP contribution in [0.1, 0.15) is 271 Å². The number of aliphatic hydroxyl groups is 11. The molecule has 0 radical (unpaired) electrons. The highest BCUT2D eigenvalue weighted by Gasteiger charge is 2.60. The average Bonchev–Trinajstić information content (AvgIpc) is 0.757. The van der Waals surface area contributed by atoms with Crippen LogP contribution in [0.15, 0.2) is 36.5 Å². The zero-order chi connectivity index (χ0) is 70.4. The summed E-state index contributed by atoms with van der Waals surface area (Å²) in [5.41, 5.74) is 0. The number of hydrogen-bond donors (Lipinski definition) is 14. The Balaban J connectivity index is 1.43. The molecule has 3 saturated heterocycles. The van der Waals surface area contributed by atoms with Crippen LogP contribution in [0.4, 0.5) is 0 Å². The molecule has 3 fully saturated rings. The lowest BCUT2D eigenvalue weighted by molar-refractivity contribution is -0.386. The molecule has 0 saturated carbocycles. The van der Waals surface area contributed by atoms with Crippen molar-refractivity contribution in [3.8, 4) is 0 Å². The number of carboxylic acid groups (broad SMARTS) is 1. The van der Waals surface area contributed by atoms with Gasteiger partial charge in [-0.1, -0.05) is 237 Å². The van der Waals surface area contributed by atoms with E-state index in [-0.39, 0.29) is 12.3 Å². The van der Waals surface area contributed by atoms with Crippen LogP contribution in [0.5, 0.6) is 0 Å². The average molecular weight is 1370 g/mol. The van der Waals surface area contributed by atoms with Crippen molar-refractivity contribution in [2.75, 3.05) is 26.4 Å². The number of carboxylic acids is 1. The Bertz CT molecular complexity index is 2070. The van der Waals surface area contributed by atoms with Crippen molar-refractivity contribution in [3.05, 3.63) is 36.5 Å². The summed E-state index contributed by atoms with van der Waals surface area (Å²) in [6, 6.07) is -2.62. The molecule has 3 rings (SSSR count). The smallest absolute Gasteiger partial charge is 0.364 e. The van der Waals surface area contributed by atoms with Crippen LogP contribution < -0.4 is 10.6 Å². The number of ether oxygens (including phenoxy) is 6. The van der Waals surface area contributed by atoms with Crippen LogP contribution in [-0.2, 0) is 42.8 Å². The van der Waals surface area contributed by atoms with E-state index in [2.05, 4.69) is 48.8 Å². The monoisotopic (exact) mass is 1370 g/mol. The predicted molar refractivity (Wildman–Crippen MR) is 366 cm³/mol. The minimum absolute atomic E-state index is 0.200. The third-order valence-corrected chi connectivity index (χ3v) is 18.8. The Labute approximate surface area is 574 Å². The van der Waals surface area contributed by atoms with Gasteiger partial charge in [-0.2, -0.15) is 0 Å². The zero-order valence-corrected chi connectivity index (χ0v) is 58.7. The third-order valence-electron chi connectivity index (χ3n) is 18.8. The molecule has 96 heavy (non-hydrogen) atoms. The molecule has 0 aromatic carbocycles. The van der Waals surface area contributed by atoms with Crippen molar-refractivity contribution in [1.82, 2.24) is 10.6 Å². The molecule has 3 heterocycles. The highest BCUT2D eigenvalue weighted by molar-refractivity contribution is 5.77. The topological polar surface area (TPSA) is 373 Å². The van der Waals surface area contributed by atoms with Gasteiger partial charge in [-0.05, 0) is 51.4 Å². The summed E-state index contributed by atoms with van der Waals surface area (Å²) in [6.45, 7) is 2.09. The summed E-state index contributed by atoms with van der Waals surface area (Å²) in [5.74, 6) is -6.14. The molecule has 18 atom stereocenters. The van der Waals surface area contributed by atoms with E-state index in [1.165, 1.54) is 161 Å². The second kappa shape index (κ2) is 52.9. The van der Waals surface area contributed by atoms with E-state index < -0.39 is 155 Å². The zero-order valence-electron chi connectivity index (χ0n) is 58.7. The molecule has 0 spiro atoms. The van der Waals surface area contributed by atoms with Gasteiger partial charge < -0.3 is 100 Å². The summed E-state index contributed by atoms with van der Waals surface area (Å²) in [7, 11) is 0. The van der Waals surface area contributed by atoms with Crippen LogP contribution in [-0.4, -0.2) is 215 Å². The number of unbranched alkanes of at least 4 members (excludes halogenated alkanes) is 33. The second-order valence-electron chi connectivity index (χ2n) is 27.2. The molecule has 0 aliphatic carbocycles. The largest absolute Gasteiger partial charge is 0.477 e. The lowest BCUT2D eigenvalue weighted by atomic mass is 9.88. The molecule has 560 valence electrons. The number of nitrogens with one attached hydrogen (secondary N) is 2. The minimum Gasteiger partial charge on any atom is -0.477 e. The standard InChI is InChI=1S/C73H132N2O21/c1-4-6-8-10-12-14-15-16-17-18-19-20-21-22-23-24-25-26-27-28-29-30-31-32-33-34-35-36-37-39-41-43-45-47-60(83)75-54(55(80)46-44-42-40-38-13-11-9-7-5-2)52-91-70-65(87)64(86)67(59(51-78)93-70)94-71-66(88)69(63(85)58(50-77)92-71)96-73(72(89)90)48-56(81)61(74-53(3)79)68(95-73)62(84)57(82)49-76/h19-20,22-23,44,46,54-59,61-71,76-78,80-82,84-88H,4-18,21,24-43,45,47-52H2,1-3H3,(H,74,79)(H,75,83)(H,89,90)/b20-19-,23-22-,46-44+. The molecule has 23 heteroatoms. The highest BCUT2D eigenvalue weighted by Crippen LogP contribution is 2.39. The van der Waals surface area contributed by atoms with Crippen molar-refractivity contribution in [1.29, 1.82) is 0 Å². The molecule has 0 aromatic heterocycles. The Morgan fingerprint density at radius 1 is 0.552 bits per heavy atom. The van der Waals surface area contributed by atoms with Gasteiger partial charge in [0.1, 0.15) is 67.1 Å². The SMILES string of the molecule is CCCCCCCCC/C=C/C(O)C(COC1OC(CO)C(OC2OC(CO)C(O)C(OC3(C(=O)O)CC(O)C(NC(C)=O)C(C(O)C(O)CO)O3)C2O)C(O)C1O)NC(=O)CCCCCCCCCCCCCCCCCCC/C=C\C/C=C\CCCCCCCCCCC. The lowest BCUT2D eigenvalue weighted by Gasteiger charge is -2.50. The number of carbonyl (C=O) groups is 3. The second-order valence-corrected chi connectivity index (χ2v) is 27.2. The first-order chi connectivity index (χ1) is 46.4. The number of rotatable bonds is 57. The molecular formula is C73H132N2O21. The Kier molecular flexibility index (Phi) is 48.0.